The van der Waals surface area contributed by atoms with Crippen LogP contribution in [-0.2, 0) is 22.5 Å². The number of aliphatic hydroxyl groups excluding tert-OH is 3. The first-order valence-electron chi connectivity index (χ1n) is 14.1. The van der Waals surface area contributed by atoms with Crippen LogP contribution in [0, 0.1) is 5.92 Å². The number of ether oxygens (including phenoxy) is 1. The normalized spacial score (nSPS) is 18.3. The molecule has 4 atom stereocenters. The fraction of sp³-hybridized carbons (Fsp3) is 0.375. The number of amides is 2. The van der Waals surface area contributed by atoms with Crippen LogP contribution in [0.25, 0.3) is 22.3 Å². The lowest BCUT2D eigenvalue weighted by molar-refractivity contribution is -0.127. The van der Waals surface area contributed by atoms with Crippen LogP contribution in [0.2, 0.25) is 0 Å². The van der Waals surface area contributed by atoms with Crippen LogP contribution >= 0.6 is 0 Å². The highest BCUT2D eigenvalue weighted by Crippen LogP contribution is 2.59. The van der Waals surface area contributed by atoms with Crippen molar-refractivity contribution in [1.82, 2.24) is 10.4 Å². The number of hydrogen-bond acceptors (Lipinski definition) is 8. The molecule has 10 nitrogen and oxygen atoms in total. The van der Waals surface area contributed by atoms with Gasteiger partial charge in [0.05, 0.1) is 30.9 Å². The van der Waals surface area contributed by atoms with Gasteiger partial charge in [-0.2, -0.15) is 0 Å². The molecule has 3 aromatic carbocycles. The van der Waals surface area contributed by atoms with Gasteiger partial charge in [-0.05, 0) is 63.9 Å². The molecule has 0 bridgehead atoms. The Balaban J connectivity index is 1.60. The monoisotopic (exact) mass is 574 g/mol. The van der Waals surface area contributed by atoms with Crippen LogP contribution in [0.1, 0.15) is 64.9 Å². The second-order valence-electron chi connectivity index (χ2n) is 11.6. The van der Waals surface area contributed by atoms with Crippen molar-refractivity contribution in [2.75, 3.05) is 13.2 Å². The zero-order chi connectivity index (χ0) is 30.0. The smallest absolute Gasteiger partial charge is 0.273 e. The Bertz CT molecular complexity index is 1620. The van der Waals surface area contributed by atoms with Crippen molar-refractivity contribution in [2.24, 2.45) is 5.92 Å². The van der Waals surface area contributed by atoms with E-state index in [1.54, 1.807) is 24.3 Å². The number of carbonyl (C=O) groups is 2. The van der Waals surface area contributed by atoms with E-state index in [4.69, 9.17) is 4.74 Å². The van der Waals surface area contributed by atoms with Crippen LogP contribution < -0.4 is 5.43 Å². The highest BCUT2D eigenvalue weighted by atomic mass is 16.5. The van der Waals surface area contributed by atoms with Gasteiger partial charge in [-0.1, -0.05) is 38.1 Å². The number of phenolic OH excluding ortho intramolecular Hbond substituents is 2. The van der Waals surface area contributed by atoms with Crippen LogP contribution in [-0.4, -0.2) is 73.9 Å². The Morgan fingerprint density at radius 3 is 2.31 bits per heavy atom. The molecule has 0 saturated heterocycles. The number of carbonyl (C=O) groups excluding carboxylic acids is 2. The quantitative estimate of drug-likeness (QED) is 0.187. The van der Waals surface area contributed by atoms with E-state index in [1.165, 1.54) is 5.01 Å². The van der Waals surface area contributed by atoms with E-state index in [0.717, 1.165) is 22.3 Å². The number of aliphatic hydroxyl groups is 3. The fourth-order valence-corrected chi connectivity index (χ4v) is 6.94. The van der Waals surface area contributed by atoms with Crippen LogP contribution in [0.3, 0.4) is 0 Å². The van der Waals surface area contributed by atoms with E-state index in [2.05, 4.69) is 5.43 Å². The summed E-state index contributed by atoms with van der Waals surface area (Å²) in [7, 11) is 0. The first kappa shape index (κ1) is 28.2. The Morgan fingerprint density at radius 2 is 1.64 bits per heavy atom. The third-order valence-electron chi connectivity index (χ3n) is 8.78. The molecule has 0 saturated carbocycles. The number of hydrogen-bond donors (Lipinski definition) is 6. The largest absolute Gasteiger partial charge is 0.508 e. The minimum absolute atomic E-state index is 0.0338. The molecular weight excluding hydrogens is 540 g/mol. The van der Waals surface area contributed by atoms with Crippen LogP contribution in [0.5, 0.6) is 11.5 Å². The lowest BCUT2D eigenvalue weighted by atomic mass is 9.83. The van der Waals surface area contributed by atoms with Gasteiger partial charge < -0.3 is 30.3 Å². The zero-order valence-corrected chi connectivity index (χ0v) is 23.6. The van der Waals surface area contributed by atoms with Crippen molar-refractivity contribution in [3.05, 3.63) is 69.8 Å². The molecule has 6 rings (SSSR count). The summed E-state index contributed by atoms with van der Waals surface area (Å²) in [6, 6.07) is 10.4. The molecule has 0 radical (unpaired) electrons. The van der Waals surface area contributed by atoms with Crippen molar-refractivity contribution in [2.45, 2.75) is 58.0 Å². The van der Waals surface area contributed by atoms with Gasteiger partial charge in [-0.15, -0.1) is 0 Å². The van der Waals surface area contributed by atoms with Crippen LogP contribution in [0.4, 0.5) is 0 Å². The third-order valence-corrected chi connectivity index (χ3v) is 8.78. The lowest BCUT2D eigenvalue weighted by Crippen LogP contribution is -2.43. The minimum Gasteiger partial charge on any atom is -0.508 e. The second-order valence-corrected chi connectivity index (χ2v) is 11.6. The number of phenols is 2. The molecule has 2 amide bonds. The molecule has 2 aliphatic carbocycles. The average molecular weight is 575 g/mol. The molecule has 42 heavy (non-hydrogen) atoms. The number of nitrogens with zero attached hydrogens (tertiary/aromatic N) is 1. The molecule has 4 unspecified atom stereocenters. The molecule has 3 aromatic rings. The summed E-state index contributed by atoms with van der Waals surface area (Å²) in [6.07, 6.45) is -2.08. The number of hydrazine groups is 1. The number of rotatable bonds is 8. The van der Waals surface area contributed by atoms with Gasteiger partial charge in [-0.25, -0.2) is 5.01 Å². The van der Waals surface area contributed by atoms with Gasteiger partial charge in [0, 0.05) is 23.5 Å². The van der Waals surface area contributed by atoms with Crippen molar-refractivity contribution < 1.29 is 39.9 Å². The molecular formula is C32H34N2O8. The summed E-state index contributed by atoms with van der Waals surface area (Å²) in [5, 5.41) is 53.4. The Morgan fingerprint density at radius 1 is 0.952 bits per heavy atom. The van der Waals surface area contributed by atoms with Gasteiger partial charge in [0.1, 0.15) is 24.2 Å². The van der Waals surface area contributed by atoms with Crippen molar-refractivity contribution in [3.63, 3.8) is 0 Å². The average Bonchev–Trinajstić information content (AvgIpc) is 3.62. The van der Waals surface area contributed by atoms with Gasteiger partial charge in [0.25, 0.3) is 11.8 Å². The maximum atomic E-state index is 13.9. The number of aromatic hydroxyl groups is 2. The molecule has 0 fully saturated rings. The number of fused-ring (bicyclic) bond motifs is 10. The van der Waals surface area contributed by atoms with Crippen molar-refractivity contribution in [1.29, 1.82) is 0 Å². The Hall–Kier alpha value is -3.96. The second kappa shape index (κ2) is 10.4. The first-order valence-corrected chi connectivity index (χ1v) is 14.1. The predicted octanol–water partition coefficient (Wildman–Crippen LogP) is 2.54. The number of nitrogens with one attached hydrogen (secondary N) is 1. The Labute approximate surface area is 242 Å². The van der Waals surface area contributed by atoms with Crippen molar-refractivity contribution in [3.8, 4) is 33.8 Å². The standard InChI is InChI=1S/C32H34N2O8/c1-14(2)31(40)23(12-35)42-15(3)25-28-17(7-5-9-22(28)38)27-20-11-34(33-24(39)13-36)32(41)30(20)26-16-6-4-8-21(37)18(16)10-19(26)29(25)27/h4-9,14-15,23,25,31,35-38,40H,10-13H2,1-3H3,(H,33,39). The molecule has 1 heterocycles. The van der Waals surface area contributed by atoms with E-state index in [1.807, 2.05) is 32.9 Å². The van der Waals surface area contributed by atoms with E-state index in [9.17, 15) is 35.1 Å². The van der Waals surface area contributed by atoms with E-state index < -0.39 is 49.3 Å². The van der Waals surface area contributed by atoms with Gasteiger partial charge >= 0.3 is 0 Å². The summed E-state index contributed by atoms with van der Waals surface area (Å²) < 4.78 is 6.34. The molecule has 220 valence electrons. The molecule has 0 aromatic heterocycles. The van der Waals surface area contributed by atoms with E-state index in [0.29, 0.717) is 39.8 Å². The third kappa shape index (κ3) is 4.09. The Kier molecular flexibility index (Phi) is 6.97. The lowest BCUT2D eigenvalue weighted by Gasteiger charge is -2.31. The molecule has 3 aliphatic rings. The summed E-state index contributed by atoms with van der Waals surface area (Å²) in [4.78, 5) is 26.0. The predicted molar refractivity (Wildman–Crippen MR) is 153 cm³/mol. The van der Waals surface area contributed by atoms with E-state index in [-0.39, 0.29) is 24.0 Å². The first-order chi connectivity index (χ1) is 20.1. The molecule has 0 spiro atoms. The summed E-state index contributed by atoms with van der Waals surface area (Å²) in [5.74, 6) is -1.71. The van der Waals surface area contributed by atoms with Crippen molar-refractivity contribution >= 4 is 11.8 Å². The SMILES string of the molecule is CC(C)C(O)C(CO)OC(C)C1c2c(O)cccc2-c2c3c(c4c(c21)Cc1c(O)cccc1-4)C(=O)N(NC(=O)CO)C3. The molecule has 1 aliphatic heterocycles. The van der Waals surface area contributed by atoms with Gasteiger partial charge in [0.2, 0.25) is 0 Å². The summed E-state index contributed by atoms with van der Waals surface area (Å²) >= 11 is 0. The molecule has 6 N–H and O–H groups in total. The van der Waals surface area contributed by atoms with Gasteiger partial charge in [0.15, 0.2) is 0 Å². The topological polar surface area (TPSA) is 160 Å². The zero-order valence-electron chi connectivity index (χ0n) is 23.6. The van der Waals surface area contributed by atoms with Gasteiger partial charge in [-0.3, -0.25) is 15.0 Å². The maximum absolute atomic E-state index is 13.9. The fourth-order valence-electron chi connectivity index (χ4n) is 6.94. The highest BCUT2D eigenvalue weighted by molar-refractivity contribution is 6.11. The summed E-state index contributed by atoms with van der Waals surface area (Å²) in [6.45, 7) is 4.37. The van der Waals surface area contributed by atoms with Crippen LogP contribution in [0.15, 0.2) is 36.4 Å². The number of benzene rings is 3. The minimum atomic E-state index is -0.921. The highest BCUT2D eigenvalue weighted by Gasteiger charge is 2.47. The molecule has 10 heteroatoms. The maximum Gasteiger partial charge on any atom is 0.273 e. The summed E-state index contributed by atoms with van der Waals surface area (Å²) in [5.41, 5.74) is 9.31. The van der Waals surface area contributed by atoms with E-state index >= 15 is 0 Å².